The Morgan fingerprint density at radius 2 is 1.26 bits per heavy atom. The van der Waals surface area contributed by atoms with E-state index in [1.54, 1.807) is 18.2 Å². The molecule has 0 radical (unpaired) electrons. The lowest BCUT2D eigenvalue weighted by atomic mass is 10.2. The normalized spacial score (nSPS) is 16.0. The summed E-state index contributed by atoms with van der Waals surface area (Å²) in [5.41, 5.74) is 1.51. The van der Waals surface area contributed by atoms with E-state index < -0.39 is 26.1 Å². The Morgan fingerprint density at radius 3 is 1.79 bits per heavy atom. The van der Waals surface area contributed by atoms with Crippen molar-refractivity contribution in [1.82, 2.24) is 10.2 Å². The van der Waals surface area contributed by atoms with Gasteiger partial charge in [0.05, 0.1) is 19.7 Å². The fourth-order valence-corrected chi connectivity index (χ4v) is 5.89. The van der Waals surface area contributed by atoms with Gasteiger partial charge in [-0.3, -0.25) is 40.0 Å². The van der Waals surface area contributed by atoms with Crippen LogP contribution in [0.3, 0.4) is 0 Å². The Morgan fingerprint density at radius 1 is 0.744 bits per heavy atom. The van der Waals surface area contributed by atoms with Gasteiger partial charge in [-0.1, -0.05) is 23.1 Å². The predicted molar refractivity (Wildman–Crippen MR) is 144 cm³/mol. The quantitative estimate of drug-likeness (QED) is 0.153. The van der Waals surface area contributed by atoms with Gasteiger partial charge < -0.3 is 0 Å². The number of thioether (sulfide) groups is 1. The first kappa shape index (κ1) is 25.6. The first-order chi connectivity index (χ1) is 18.7. The van der Waals surface area contributed by atoms with E-state index in [-0.39, 0.29) is 22.2 Å². The maximum atomic E-state index is 13.6. The van der Waals surface area contributed by atoms with E-state index in [0.717, 1.165) is 11.3 Å². The SMILES string of the molecule is O=C1/C(=C/c2ccc([N+](=O)[O-])cc2)SC(c2ccc([N+](=O)[O-])cc2)N1c1nnc(-c2ccc([N+](=O)[O-])cc2)s1. The van der Waals surface area contributed by atoms with Crippen molar-refractivity contribution in [1.29, 1.82) is 0 Å². The topological polar surface area (TPSA) is 176 Å². The van der Waals surface area contributed by atoms with Crippen molar-refractivity contribution in [2.24, 2.45) is 0 Å². The van der Waals surface area contributed by atoms with Crippen LogP contribution < -0.4 is 4.90 Å². The second-order valence-electron chi connectivity index (χ2n) is 8.05. The van der Waals surface area contributed by atoms with Gasteiger partial charge in [0.15, 0.2) is 0 Å². The van der Waals surface area contributed by atoms with Gasteiger partial charge in [0.1, 0.15) is 10.4 Å². The van der Waals surface area contributed by atoms with Crippen LogP contribution in [-0.2, 0) is 4.79 Å². The van der Waals surface area contributed by atoms with Crippen LogP contribution in [0.2, 0.25) is 0 Å². The van der Waals surface area contributed by atoms with Crippen molar-refractivity contribution < 1.29 is 19.6 Å². The van der Waals surface area contributed by atoms with E-state index >= 15 is 0 Å². The molecule has 1 saturated heterocycles. The number of carbonyl (C=O) groups excluding carboxylic acids is 1. The lowest BCUT2D eigenvalue weighted by Gasteiger charge is -2.20. The molecule has 2 heterocycles. The van der Waals surface area contributed by atoms with Gasteiger partial charge in [-0.2, -0.15) is 0 Å². The Labute approximate surface area is 226 Å². The summed E-state index contributed by atoms with van der Waals surface area (Å²) in [7, 11) is 0. The summed E-state index contributed by atoms with van der Waals surface area (Å²) < 4.78 is 0. The molecule has 0 spiro atoms. The van der Waals surface area contributed by atoms with Crippen LogP contribution in [0.5, 0.6) is 0 Å². The number of carbonyl (C=O) groups is 1. The van der Waals surface area contributed by atoms with Gasteiger partial charge in [-0.25, -0.2) is 0 Å². The summed E-state index contributed by atoms with van der Waals surface area (Å²) in [6.07, 6.45) is 1.60. The van der Waals surface area contributed by atoms with E-state index in [0.29, 0.717) is 26.6 Å². The minimum Gasteiger partial charge on any atom is -0.268 e. The largest absolute Gasteiger partial charge is 0.269 e. The highest BCUT2D eigenvalue weighted by atomic mass is 32.2. The molecule has 194 valence electrons. The molecule has 0 N–H and O–H groups in total. The molecule has 1 aromatic heterocycles. The summed E-state index contributed by atoms with van der Waals surface area (Å²) in [5.74, 6) is -0.395. The van der Waals surface area contributed by atoms with E-state index in [4.69, 9.17) is 0 Å². The number of nitro groups is 3. The smallest absolute Gasteiger partial charge is 0.268 e. The second-order valence-corrected chi connectivity index (χ2v) is 10.1. The van der Waals surface area contributed by atoms with Gasteiger partial charge >= 0.3 is 0 Å². The van der Waals surface area contributed by atoms with E-state index in [2.05, 4.69) is 10.2 Å². The molecule has 1 atom stereocenters. The Bertz CT molecular complexity index is 1640. The summed E-state index contributed by atoms with van der Waals surface area (Å²) in [6.45, 7) is 0. The highest BCUT2D eigenvalue weighted by Gasteiger charge is 2.40. The molecule has 15 heteroatoms. The van der Waals surface area contributed by atoms with E-state index in [1.807, 2.05) is 0 Å². The number of nitrogens with zero attached hydrogens (tertiary/aromatic N) is 6. The molecule has 5 rings (SSSR count). The Hall–Kier alpha value is -5.02. The standard InChI is InChI=1S/C24H14N6O7S2/c31-22-20(13-14-1-7-17(8-2-14)28(32)33)38-23(16-5-11-19(12-6-16)30(36)37)27(22)24-26-25-21(39-24)15-3-9-18(10-4-15)29(34)35/h1-13,23H/b20-13-. The zero-order valence-electron chi connectivity index (χ0n) is 19.4. The van der Waals surface area contributed by atoms with Crippen LogP contribution in [0.1, 0.15) is 16.5 Å². The van der Waals surface area contributed by atoms with Crippen LogP contribution in [0.25, 0.3) is 16.6 Å². The number of hydrogen-bond donors (Lipinski definition) is 0. The van der Waals surface area contributed by atoms with Gasteiger partial charge in [0.25, 0.3) is 23.0 Å². The van der Waals surface area contributed by atoms with Crippen LogP contribution >= 0.6 is 23.1 Å². The number of rotatable bonds is 7. The van der Waals surface area contributed by atoms with Crippen LogP contribution in [-0.4, -0.2) is 30.9 Å². The van der Waals surface area contributed by atoms with Gasteiger partial charge in [-0.15, -0.1) is 10.2 Å². The predicted octanol–water partition coefficient (Wildman–Crippen LogP) is 5.75. The fourth-order valence-electron chi connectivity index (χ4n) is 3.71. The molecule has 0 bridgehead atoms. The number of anilines is 1. The van der Waals surface area contributed by atoms with Crippen LogP contribution in [0.4, 0.5) is 22.2 Å². The maximum Gasteiger partial charge on any atom is 0.269 e. The first-order valence-corrected chi connectivity index (χ1v) is 12.7. The zero-order chi connectivity index (χ0) is 27.7. The molecule has 0 saturated carbocycles. The van der Waals surface area contributed by atoms with Crippen LogP contribution in [0.15, 0.2) is 77.7 Å². The third-order valence-corrected chi connectivity index (χ3v) is 7.86. The summed E-state index contributed by atoms with van der Waals surface area (Å²) >= 11 is 2.31. The molecule has 13 nitrogen and oxygen atoms in total. The number of benzene rings is 3. The summed E-state index contributed by atoms with van der Waals surface area (Å²) in [5, 5.41) is 41.5. The molecule has 3 aromatic carbocycles. The molecule has 0 aliphatic carbocycles. The monoisotopic (exact) mass is 562 g/mol. The van der Waals surface area contributed by atoms with Gasteiger partial charge in [-0.05, 0) is 53.6 Å². The van der Waals surface area contributed by atoms with Crippen LogP contribution in [0, 0.1) is 30.3 Å². The average Bonchev–Trinajstić information content (AvgIpc) is 3.54. The third kappa shape index (κ3) is 5.21. The average molecular weight is 563 g/mol. The minimum absolute atomic E-state index is 0.0751. The number of nitro benzene ring substituents is 3. The number of amides is 1. The number of hydrogen-bond acceptors (Lipinski definition) is 11. The van der Waals surface area contributed by atoms with E-state index in [9.17, 15) is 35.1 Å². The third-order valence-electron chi connectivity index (χ3n) is 5.64. The highest BCUT2D eigenvalue weighted by molar-refractivity contribution is 8.05. The van der Waals surface area contributed by atoms with Crippen molar-refractivity contribution in [3.8, 4) is 10.6 Å². The van der Waals surface area contributed by atoms with Crippen molar-refractivity contribution >= 4 is 57.3 Å². The number of aromatic nitrogens is 2. The van der Waals surface area contributed by atoms with Crippen molar-refractivity contribution in [3.63, 3.8) is 0 Å². The molecule has 39 heavy (non-hydrogen) atoms. The molecule has 1 fully saturated rings. The fraction of sp³-hybridized carbons (Fsp3) is 0.0417. The van der Waals surface area contributed by atoms with Crippen molar-refractivity contribution in [2.75, 3.05) is 4.90 Å². The lowest BCUT2D eigenvalue weighted by molar-refractivity contribution is -0.385. The lowest BCUT2D eigenvalue weighted by Crippen LogP contribution is -2.27. The summed E-state index contributed by atoms with van der Waals surface area (Å²) in [4.78, 5) is 46.9. The Kier molecular flexibility index (Phi) is 6.83. The first-order valence-electron chi connectivity index (χ1n) is 11.0. The molecule has 1 aliphatic heterocycles. The molecule has 1 amide bonds. The molecule has 4 aromatic rings. The van der Waals surface area contributed by atoms with E-state index in [1.165, 1.54) is 77.3 Å². The molecule has 1 unspecified atom stereocenters. The van der Waals surface area contributed by atoms with Crippen molar-refractivity contribution in [2.45, 2.75) is 5.37 Å². The highest BCUT2D eigenvalue weighted by Crippen LogP contribution is 2.49. The zero-order valence-corrected chi connectivity index (χ0v) is 21.1. The summed E-state index contributed by atoms with van der Waals surface area (Å²) in [6, 6.07) is 17.3. The minimum atomic E-state index is -0.625. The number of non-ortho nitro benzene ring substituents is 3. The molecular weight excluding hydrogens is 548 g/mol. The Balaban J connectivity index is 1.51. The molecular formula is C24H14N6O7S2. The van der Waals surface area contributed by atoms with Gasteiger partial charge in [0.2, 0.25) is 5.13 Å². The van der Waals surface area contributed by atoms with Gasteiger partial charge in [0, 0.05) is 42.0 Å². The second kappa shape index (κ2) is 10.4. The molecule has 1 aliphatic rings. The maximum absolute atomic E-state index is 13.6. The van der Waals surface area contributed by atoms with Crippen molar-refractivity contribution in [3.05, 3.63) is 119 Å².